The number of fused-ring (bicyclic) bond motifs is 3. The number of aryl methyl sites for hydroxylation is 1. The number of carbonyl (C=O) groups is 1. The molecule has 2 bridgehead atoms. The molecule has 2 aliphatic heterocycles. The maximum absolute atomic E-state index is 13.4. The van der Waals surface area contributed by atoms with Gasteiger partial charge in [0.15, 0.2) is 0 Å². The van der Waals surface area contributed by atoms with Crippen molar-refractivity contribution in [2.24, 2.45) is 0 Å². The van der Waals surface area contributed by atoms with Crippen LogP contribution < -0.4 is 0 Å². The molecule has 0 aliphatic carbocycles. The molecule has 0 radical (unpaired) electrons. The van der Waals surface area contributed by atoms with Gasteiger partial charge in [-0.2, -0.15) is 0 Å². The molecule has 0 saturated carbocycles. The molecule has 2 unspecified atom stereocenters. The van der Waals surface area contributed by atoms with Gasteiger partial charge in [-0.05, 0) is 70.2 Å². The highest BCUT2D eigenvalue weighted by molar-refractivity contribution is 6.05. The largest absolute Gasteiger partial charge is 0.459 e. The van der Waals surface area contributed by atoms with Crippen LogP contribution in [-0.4, -0.2) is 66.2 Å². The van der Waals surface area contributed by atoms with Gasteiger partial charge in [0.2, 0.25) is 0 Å². The van der Waals surface area contributed by atoms with E-state index >= 15 is 0 Å². The molecule has 0 N–H and O–H groups in total. The fraction of sp³-hybridized carbons (Fsp3) is 0.464. The van der Waals surface area contributed by atoms with Crippen LogP contribution in [0.1, 0.15) is 42.5 Å². The van der Waals surface area contributed by atoms with Crippen molar-refractivity contribution in [1.29, 1.82) is 0 Å². The highest BCUT2D eigenvalue weighted by atomic mass is 35.5. The monoisotopic (exact) mass is 481 g/mol. The molecule has 0 spiro atoms. The van der Waals surface area contributed by atoms with Crippen LogP contribution in [0.2, 0.25) is 0 Å². The van der Waals surface area contributed by atoms with Crippen molar-refractivity contribution in [2.45, 2.75) is 56.8 Å². The van der Waals surface area contributed by atoms with Crippen LogP contribution in [0, 0.1) is 0 Å². The Bertz CT molecular complexity index is 1110. The Morgan fingerprint density at radius 2 is 1.74 bits per heavy atom. The Kier molecular flexibility index (Phi) is 7.66. The van der Waals surface area contributed by atoms with E-state index in [9.17, 15) is 4.79 Å². The van der Waals surface area contributed by atoms with Crippen molar-refractivity contribution < 1.29 is 9.53 Å². The van der Waals surface area contributed by atoms with E-state index < -0.39 is 0 Å². The van der Waals surface area contributed by atoms with E-state index in [1.807, 2.05) is 12.3 Å². The molecule has 34 heavy (non-hydrogen) atoms. The summed E-state index contributed by atoms with van der Waals surface area (Å²) in [7, 11) is 6.40. The van der Waals surface area contributed by atoms with Gasteiger partial charge in [-0.15, -0.1) is 12.4 Å². The molecule has 2 atom stereocenters. The summed E-state index contributed by atoms with van der Waals surface area (Å²) >= 11 is 0. The second-order valence-corrected chi connectivity index (χ2v) is 10.0. The number of ether oxygens (including phenoxy) is 1. The van der Waals surface area contributed by atoms with Gasteiger partial charge in [0.1, 0.15) is 6.10 Å². The van der Waals surface area contributed by atoms with Crippen LogP contribution >= 0.6 is 12.4 Å². The SMILES string of the molecule is CN(C)CCCn1cc(C(=O)OC2CC3CCC(C2)N3C)c2cc(-c3ccccc3)ccc21.Cl. The molecule has 1 aromatic heterocycles. The summed E-state index contributed by atoms with van der Waals surface area (Å²) in [5.74, 6) is -0.175. The summed E-state index contributed by atoms with van der Waals surface area (Å²) in [6, 6.07) is 17.9. The van der Waals surface area contributed by atoms with Crippen molar-refractivity contribution in [3.8, 4) is 11.1 Å². The number of rotatable bonds is 7. The smallest absolute Gasteiger partial charge is 0.340 e. The van der Waals surface area contributed by atoms with Gasteiger partial charge in [0.25, 0.3) is 0 Å². The van der Waals surface area contributed by atoms with E-state index in [4.69, 9.17) is 4.74 Å². The summed E-state index contributed by atoms with van der Waals surface area (Å²) in [5.41, 5.74) is 4.08. The molecule has 2 aromatic carbocycles. The number of nitrogens with zero attached hydrogens (tertiary/aromatic N) is 3. The number of aromatic nitrogens is 1. The summed E-state index contributed by atoms with van der Waals surface area (Å²) in [5, 5.41) is 0.988. The average Bonchev–Trinajstić information content (AvgIpc) is 3.25. The number of hydrogen-bond donors (Lipinski definition) is 0. The first-order valence-electron chi connectivity index (χ1n) is 12.3. The first-order valence-corrected chi connectivity index (χ1v) is 12.3. The fourth-order valence-electron chi connectivity index (χ4n) is 5.68. The summed E-state index contributed by atoms with van der Waals surface area (Å²) in [4.78, 5) is 18.1. The second-order valence-electron chi connectivity index (χ2n) is 10.0. The molecular formula is C28H36ClN3O2. The first-order chi connectivity index (χ1) is 16.0. The van der Waals surface area contributed by atoms with Crippen LogP contribution in [0.4, 0.5) is 0 Å². The molecule has 3 heterocycles. The van der Waals surface area contributed by atoms with Crippen molar-refractivity contribution in [3.05, 3.63) is 60.3 Å². The second kappa shape index (κ2) is 10.5. The third-order valence-corrected chi connectivity index (χ3v) is 7.54. The fourth-order valence-corrected chi connectivity index (χ4v) is 5.68. The number of halogens is 1. The highest BCUT2D eigenvalue weighted by Crippen LogP contribution is 2.36. The van der Waals surface area contributed by atoms with Crippen LogP contribution in [0.3, 0.4) is 0 Å². The Hall–Kier alpha value is -2.34. The van der Waals surface area contributed by atoms with Crippen molar-refractivity contribution in [1.82, 2.24) is 14.4 Å². The van der Waals surface area contributed by atoms with E-state index in [1.54, 1.807) is 0 Å². The molecule has 2 fully saturated rings. The van der Waals surface area contributed by atoms with Crippen LogP contribution in [0.25, 0.3) is 22.0 Å². The third kappa shape index (κ3) is 5.02. The minimum absolute atomic E-state index is 0. The molecule has 2 aliphatic rings. The number of carbonyl (C=O) groups excluding carboxylic acids is 1. The summed E-state index contributed by atoms with van der Waals surface area (Å²) in [6.07, 6.45) is 7.42. The predicted octanol–water partition coefficient (Wildman–Crippen LogP) is 5.46. The van der Waals surface area contributed by atoms with Gasteiger partial charge >= 0.3 is 5.97 Å². The van der Waals surface area contributed by atoms with Crippen molar-refractivity contribution in [3.63, 3.8) is 0 Å². The lowest BCUT2D eigenvalue weighted by atomic mass is 10.0. The Morgan fingerprint density at radius 1 is 1.03 bits per heavy atom. The van der Waals surface area contributed by atoms with E-state index in [0.717, 1.165) is 54.4 Å². The summed E-state index contributed by atoms with van der Waals surface area (Å²) < 4.78 is 8.35. The zero-order chi connectivity index (χ0) is 22.9. The van der Waals surface area contributed by atoms with E-state index in [-0.39, 0.29) is 24.5 Å². The maximum Gasteiger partial charge on any atom is 0.340 e. The molecule has 182 valence electrons. The van der Waals surface area contributed by atoms with Crippen LogP contribution in [-0.2, 0) is 11.3 Å². The number of esters is 1. The molecule has 5 rings (SSSR count). The lowest BCUT2D eigenvalue weighted by molar-refractivity contribution is -0.000284. The molecule has 2 saturated heterocycles. The number of benzene rings is 2. The summed E-state index contributed by atoms with van der Waals surface area (Å²) in [6.45, 7) is 1.89. The van der Waals surface area contributed by atoms with Gasteiger partial charge in [-0.1, -0.05) is 36.4 Å². The van der Waals surface area contributed by atoms with Gasteiger partial charge < -0.3 is 19.1 Å². The Labute approximate surface area is 209 Å². The van der Waals surface area contributed by atoms with Crippen molar-refractivity contribution in [2.75, 3.05) is 27.7 Å². The quantitative estimate of drug-likeness (QED) is 0.420. The van der Waals surface area contributed by atoms with E-state index in [0.29, 0.717) is 17.6 Å². The zero-order valence-corrected chi connectivity index (χ0v) is 21.3. The first kappa shape index (κ1) is 24.8. The normalized spacial score (nSPS) is 22.2. The molecule has 3 aromatic rings. The Morgan fingerprint density at radius 3 is 2.41 bits per heavy atom. The van der Waals surface area contributed by atoms with Crippen LogP contribution in [0.5, 0.6) is 0 Å². The van der Waals surface area contributed by atoms with Gasteiger partial charge in [-0.3, -0.25) is 0 Å². The Balaban J connectivity index is 0.00000274. The molecule has 5 nitrogen and oxygen atoms in total. The number of piperidine rings is 1. The lowest BCUT2D eigenvalue weighted by Gasteiger charge is -2.35. The minimum atomic E-state index is -0.175. The van der Waals surface area contributed by atoms with E-state index in [2.05, 4.69) is 78.0 Å². The molecular weight excluding hydrogens is 446 g/mol. The predicted molar refractivity (Wildman–Crippen MR) is 141 cm³/mol. The standard InChI is InChI=1S/C28H35N3O2.ClH/c1-29(2)14-7-15-31-19-26(28(32)33-24-17-22-11-12-23(18-24)30(22)3)25-16-21(10-13-27(25)31)20-8-5-4-6-9-20;/h4-6,8-10,13,16,19,22-24H,7,11-12,14-15,17-18H2,1-3H3;1H. The van der Waals surface area contributed by atoms with Crippen LogP contribution in [0.15, 0.2) is 54.7 Å². The minimum Gasteiger partial charge on any atom is -0.459 e. The highest BCUT2D eigenvalue weighted by Gasteiger charge is 2.40. The molecule has 6 heteroatoms. The number of hydrogen-bond acceptors (Lipinski definition) is 4. The van der Waals surface area contributed by atoms with Gasteiger partial charge in [0.05, 0.1) is 5.56 Å². The third-order valence-electron chi connectivity index (χ3n) is 7.54. The van der Waals surface area contributed by atoms with Gasteiger partial charge in [0, 0.05) is 48.6 Å². The lowest BCUT2D eigenvalue weighted by Crippen LogP contribution is -2.43. The topological polar surface area (TPSA) is 37.7 Å². The van der Waals surface area contributed by atoms with E-state index in [1.165, 1.54) is 12.8 Å². The van der Waals surface area contributed by atoms with Gasteiger partial charge in [-0.25, -0.2) is 4.79 Å². The average molecular weight is 482 g/mol. The maximum atomic E-state index is 13.4. The zero-order valence-electron chi connectivity index (χ0n) is 20.4. The molecule has 0 amide bonds. The van der Waals surface area contributed by atoms with Crippen molar-refractivity contribution >= 4 is 29.3 Å².